The number of ether oxygens (including phenoxy) is 2. The van der Waals surface area contributed by atoms with Crippen LogP contribution in [0.2, 0.25) is 0 Å². The van der Waals surface area contributed by atoms with Crippen molar-refractivity contribution in [2.75, 3.05) is 0 Å². The second-order valence-corrected chi connectivity index (χ2v) is 3.70. The highest BCUT2D eigenvalue weighted by atomic mass is 19.2. The fraction of sp³-hybridized carbons (Fsp3) is 0.600. The third-order valence-electron chi connectivity index (χ3n) is 1.68. The maximum absolute atomic E-state index is 13.3. The lowest BCUT2D eigenvalue weighted by molar-refractivity contribution is -0.222. The lowest BCUT2D eigenvalue weighted by atomic mass is 10.2. The molecule has 0 spiro atoms. The monoisotopic (exact) mass is 186 g/mol. The van der Waals surface area contributed by atoms with E-state index in [1.165, 1.54) is 6.92 Å². The maximum atomic E-state index is 13.3. The minimum absolute atomic E-state index is 0.519. The molecule has 1 aliphatic rings. The highest BCUT2D eigenvalue weighted by Gasteiger charge is 2.40. The molecule has 1 saturated heterocycles. The van der Waals surface area contributed by atoms with Crippen LogP contribution < -0.4 is 0 Å². The number of halogens is 1. The van der Waals surface area contributed by atoms with Crippen LogP contribution in [0.25, 0.3) is 0 Å². The van der Waals surface area contributed by atoms with Gasteiger partial charge in [0.1, 0.15) is 0 Å². The summed E-state index contributed by atoms with van der Waals surface area (Å²) in [6.07, 6.45) is 0. The zero-order chi connectivity index (χ0) is 10.2. The fourth-order valence-electron chi connectivity index (χ4n) is 1.14. The Morgan fingerprint density at radius 2 is 1.31 bits per heavy atom. The van der Waals surface area contributed by atoms with Crippen molar-refractivity contribution in [3.05, 3.63) is 22.7 Å². The molecular formula is C10H15FO2. The van der Waals surface area contributed by atoms with Gasteiger partial charge in [0, 0.05) is 6.92 Å². The van der Waals surface area contributed by atoms with Crippen molar-refractivity contribution in [2.24, 2.45) is 0 Å². The lowest BCUT2D eigenvalue weighted by Crippen LogP contribution is -2.16. The van der Waals surface area contributed by atoms with Gasteiger partial charge in [-0.15, -0.1) is 0 Å². The topological polar surface area (TPSA) is 18.5 Å². The van der Waals surface area contributed by atoms with Crippen LogP contribution in [0.1, 0.15) is 34.6 Å². The third-order valence-corrected chi connectivity index (χ3v) is 1.68. The molecule has 0 aliphatic carbocycles. The van der Waals surface area contributed by atoms with Crippen molar-refractivity contribution in [1.29, 1.82) is 0 Å². The SMILES string of the molecule is CC(C)=C1OC(C)(F)OC1=C(C)C. The zero-order valence-electron chi connectivity index (χ0n) is 8.69. The fourth-order valence-corrected chi connectivity index (χ4v) is 1.14. The Bertz CT molecular complexity index is 251. The molecule has 0 amide bonds. The van der Waals surface area contributed by atoms with Gasteiger partial charge in [-0.1, -0.05) is 0 Å². The largest absolute Gasteiger partial charge is 0.423 e. The Morgan fingerprint density at radius 3 is 1.54 bits per heavy atom. The standard InChI is InChI=1S/C10H15FO2/c1-6(2)8-9(7(3)4)13-10(5,11)12-8/h1-5H3. The number of allylic oxidation sites excluding steroid dienone is 2. The van der Waals surface area contributed by atoms with E-state index in [-0.39, 0.29) is 0 Å². The van der Waals surface area contributed by atoms with Gasteiger partial charge in [-0.05, 0) is 38.8 Å². The predicted molar refractivity (Wildman–Crippen MR) is 48.4 cm³/mol. The third kappa shape index (κ3) is 2.02. The molecule has 0 bridgehead atoms. The molecule has 0 radical (unpaired) electrons. The van der Waals surface area contributed by atoms with Gasteiger partial charge in [-0.2, -0.15) is 4.39 Å². The average molecular weight is 186 g/mol. The van der Waals surface area contributed by atoms with Gasteiger partial charge in [0.05, 0.1) is 0 Å². The van der Waals surface area contributed by atoms with E-state index in [4.69, 9.17) is 9.47 Å². The molecule has 1 rings (SSSR count). The molecule has 0 atom stereocenters. The summed E-state index contributed by atoms with van der Waals surface area (Å²) in [4.78, 5) is 0. The molecule has 0 unspecified atom stereocenters. The van der Waals surface area contributed by atoms with Gasteiger partial charge in [0.25, 0.3) is 0 Å². The lowest BCUT2D eigenvalue weighted by Gasteiger charge is -2.09. The smallest absolute Gasteiger partial charge is 0.404 e. The summed E-state index contributed by atoms with van der Waals surface area (Å²) in [7, 11) is 0. The summed E-state index contributed by atoms with van der Waals surface area (Å²) >= 11 is 0. The normalized spacial score (nSPS) is 19.5. The van der Waals surface area contributed by atoms with E-state index in [1.54, 1.807) is 0 Å². The molecule has 74 valence electrons. The van der Waals surface area contributed by atoms with E-state index in [0.717, 1.165) is 11.1 Å². The Morgan fingerprint density at radius 1 is 1.00 bits per heavy atom. The van der Waals surface area contributed by atoms with Crippen LogP contribution in [-0.4, -0.2) is 6.04 Å². The van der Waals surface area contributed by atoms with E-state index >= 15 is 0 Å². The summed E-state index contributed by atoms with van der Waals surface area (Å²) in [5.74, 6) is 1.04. The van der Waals surface area contributed by atoms with Gasteiger partial charge in [-0.3, -0.25) is 0 Å². The van der Waals surface area contributed by atoms with Crippen molar-refractivity contribution >= 4 is 0 Å². The van der Waals surface area contributed by atoms with E-state index in [0.29, 0.717) is 11.5 Å². The highest BCUT2D eigenvalue weighted by molar-refractivity contribution is 5.30. The first-order valence-corrected chi connectivity index (χ1v) is 4.26. The number of alkyl halides is 1. The molecule has 13 heavy (non-hydrogen) atoms. The van der Waals surface area contributed by atoms with Crippen LogP contribution in [0.4, 0.5) is 4.39 Å². The molecule has 0 aromatic carbocycles. The maximum Gasteiger partial charge on any atom is 0.404 e. The number of hydrogen-bond donors (Lipinski definition) is 0. The molecule has 1 aliphatic heterocycles. The van der Waals surface area contributed by atoms with Crippen LogP contribution in [0.15, 0.2) is 22.7 Å². The first-order chi connectivity index (χ1) is 5.83. The molecule has 1 heterocycles. The average Bonchev–Trinajstić information content (AvgIpc) is 2.26. The van der Waals surface area contributed by atoms with Gasteiger partial charge >= 0.3 is 6.04 Å². The van der Waals surface area contributed by atoms with E-state index in [9.17, 15) is 4.39 Å². The van der Waals surface area contributed by atoms with Crippen molar-refractivity contribution in [1.82, 2.24) is 0 Å². The second kappa shape index (κ2) is 3.05. The van der Waals surface area contributed by atoms with Crippen LogP contribution in [0, 0.1) is 0 Å². The van der Waals surface area contributed by atoms with Crippen molar-refractivity contribution in [3.63, 3.8) is 0 Å². The van der Waals surface area contributed by atoms with E-state index in [1.807, 2.05) is 27.7 Å². The highest BCUT2D eigenvalue weighted by Crippen LogP contribution is 2.38. The first-order valence-electron chi connectivity index (χ1n) is 4.26. The summed E-state index contributed by atoms with van der Waals surface area (Å²) in [5, 5.41) is 0. The Labute approximate surface area is 78.0 Å². The minimum Gasteiger partial charge on any atom is -0.423 e. The van der Waals surface area contributed by atoms with Gasteiger partial charge in [0.15, 0.2) is 11.5 Å². The van der Waals surface area contributed by atoms with Crippen molar-refractivity contribution in [3.8, 4) is 0 Å². The zero-order valence-corrected chi connectivity index (χ0v) is 8.69. The molecule has 0 aromatic heterocycles. The summed E-state index contributed by atoms with van der Waals surface area (Å²) in [6.45, 7) is 8.71. The Kier molecular flexibility index (Phi) is 2.37. The van der Waals surface area contributed by atoms with Crippen LogP contribution >= 0.6 is 0 Å². The first kappa shape index (κ1) is 10.1. The summed E-state index contributed by atoms with van der Waals surface area (Å²) in [6, 6.07) is -2.01. The quantitative estimate of drug-likeness (QED) is 0.578. The number of rotatable bonds is 0. The summed E-state index contributed by atoms with van der Waals surface area (Å²) in [5.41, 5.74) is 1.83. The van der Waals surface area contributed by atoms with Crippen molar-refractivity contribution in [2.45, 2.75) is 40.7 Å². The van der Waals surface area contributed by atoms with Gasteiger partial charge < -0.3 is 9.47 Å². The molecule has 2 nitrogen and oxygen atoms in total. The molecule has 1 fully saturated rings. The Hall–Kier alpha value is -0.990. The van der Waals surface area contributed by atoms with Crippen LogP contribution in [-0.2, 0) is 9.47 Å². The molecular weight excluding hydrogens is 171 g/mol. The molecule has 0 aromatic rings. The van der Waals surface area contributed by atoms with E-state index < -0.39 is 6.04 Å². The van der Waals surface area contributed by atoms with Crippen LogP contribution in [0.5, 0.6) is 0 Å². The van der Waals surface area contributed by atoms with Gasteiger partial charge in [0.2, 0.25) is 0 Å². The Balaban J connectivity index is 3.14. The van der Waals surface area contributed by atoms with Gasteiger partial charge in [-0.25, -0.2) is 0 Å². The van der Waals surface area contributed by atoms with E-state index in [2.05, 4.69) is 0 Å². The predicted octanol–water partition coefficient (Wildman–Crippen LogP) is 3.26. The molecule has 0 N–H and O–H groups in total. The van der Waals surface area contributed by atoms with Crippen molar-refractivity contribution < 1.29 is 13.9 Å². The second-order valence-electron chi connectivity index (χ2n) is 3.70. The summed E-state index contributed by atoms with van der Waals surface area (Å²) < 4.78 is 23.4. The minimum atomic E-state index is -2.01. The number of hydrogen-bond acceptors (Lipinski definition) is 2. The molecule has 0 saturated carbocycles. The van der Waals surface area contributed by atoms with Crippen LogP contribution in [0.3, 0.4) is 0 Å². The molecule has 3 heteroatoms.